The highest BCUT2D eigenvalue weighted by molar-refractivity contribution is 5.81. The highest BCUT2D eigenvalue weighted by Crippen LogP contribution is 2.32. The molecule has 2 rings (SSSR count). The van der Waals surface area contributed by atoms with Gasteiger partial charge in [0.1, 0.15) is 11.4 Å². The lowest BCUT2D eigenvalue weighted by molar-refractivity contribution is -0.384. The van der Waals surface area contributed by atoms with Crippen molar-refractivity contribution >= 4 is 23.7 Å². The molecule has 0 aliphatic heterocycles. The fourth-order valence-electron chi connectivity index (χ4n) is 2.11. The average Bonchev–Trinajstić information content (AvgIpc) is 2.52. The monoisotopic (exact) mass is 324 g/mol. The second-order valence-electron chi connectivity index (χ2n) is 6.44. The number of phenolic OH excluding ortho intramolecular Hbond substituents is 1. The Morgan fingerprint density at radius 3 is 2.58 bits per heavy atom. The van der Waals surface area contributed by atoms with Gasteiger partial charge >= 0.3 is 0 Å². The molecular weight excluding hydrogens is 304 g/mol. The number of hydrogen-bond acceptors (Lipinski definition) is 4. The minimum Gasteiger partial charge on any atom is -0.506 e. The lowest BCUT2D eigenvalue weighted by Gasteiger charge is -2.19. The van der Waals surface area contributed by atoms with Crippen molar-refractivity contribution in [2.45, 2.75) is 26.2 Å². The summed E-state index contributed by atoms with van der Waals surface area (Å²) in [5.41, 5.74) is 2.30. The number of non-ortho nitro benzene ring substituents is 1. The van der Waals surface area contributed by atoms with Crippen molar-refractivity contribution in [1.29, 1.82) is 0 Å². The highest BCUT2D eigenvalue weighted by Gasteiger charge is 2.14. The zero-order valence-corrected chi connectivity index (χ0v) is 13.9. The number of allylic oxidation sites excluding steroid dienone is 1. The maximum absolute atomic E-state index is 10.7. The third-order valence-corrected chi connectivity index (χ3v) is 3.51. The standard InChI is InChI=1S/C19H20N2O3/c1-19(2,3)15-9-10-18(22)17(13-15)20-11-5-7-14-6-4-8-16(12-14)21(23)24/h4-13,22H,1-3H3/b7-5+,20-11?. The lowest BCUT2D eigenvalue weighted by atomic mass is 9.87. The Morgan fingerprint density at radius 1 is 1.17 bits per heavy atom. The molecule has 0 radical (unpaired) electrons. The van der Waals surface area contributed by atoms with Gasteiger partial charge < -0.3 is 5.11 Å². The average molecular weight is 324 g/mol. The van der Waals surface area contributed by atoms with Crippen molar-refractivity contribution in [3.63, 3.8) is 0 Å². The molecule has 24 heavy (non-hydrogen) atoms. The third-order valence-electron chi connectivity index (χ3n) is 3.51. The van der Waals surface area contributed by atoms with Gasteiger partial charge in [0.2, 0.25) is 0 Å². The van der Waals surface area contributed by atoms with Gasteiger partial charge in [-0.1, -0.05) is 45.0 Å². The minimum atomic E-state index is -0.429. The van der Waals surface area contributed by atoms with E-state index >= 15 is 0 Å². The zero-order chi connectivity index (χ0) is 17.7. The van der Waals surface area contributed by atoms with Gasteiger partial charge in [-0.25, -0.2) is 0 Å². The summed E-state index contributed by atoms with van der Waals surface area (Å²) in [6, 6.07) is 11.7. The predicted molar refractivity (Wildman–Crippen MR) is 97.1 cm³/mol. The molecule has 1 N–H and O–H groups in total. The fourth-order valence-corrected chi connectivity index (χ4v) is 2.11. The van der Waals surface area contributed by atoms with Crippen LogP contribution in [0.3, 0.4) is 0 Å². The van der Waals surface area contributed by atoms with E-state index in [0.717, 1.165) is 5.56 Å². The molecule has 0 saturated heterocycles. The van der Waals surface area contributed by atoms with Crippen LogP contribution >= 0.6 is 0 Å². The van der Waals surface area contributed by atoms with Crippen LogP contribution in [0.2, 0.25) is 0 Å². The number of nitrogens with zero attached hydrogens (tertiary/aromatic N) is 2. The van der Waals surface area contributed by atoms with Gasteiger partial charge in [-0.3, -0.25) is 15.1 Å². The molecule has 2 aromatic carbocycles. The van der Waals surface area contributed by atoms with Crippen molar-refractivity contribution in [2.24, 2.45) is 4.99 Å². The van der Waals surface area contributed by atoms with Crippen molar-refractivity contribution in [2.75, 3.05) is 0 Å². The first-order valence-electron chi connectivity index (χ1n) is 7.56. The Morgan fingerprint density at radius 2 is 1.92 bits per heavy atom. The largest absolute Gasteiger partial charge is 0.506 e. The second-order valence-corrected chi connectivity index (χ2v) is 6.44. The molecule has 0 aliphatic carbocycles. The quantitative estimate of drug-likeness (QED) is 0.488. The lowest BCUT2D eigenvalue weighted by Crippen LogP contribution is -2.10. The molecule has 0 amide bonds. The SMILES string of the molecule is CC(C)(C)c1ccc(O)c(N=C/C=C/c2cccc([N+](=O)[O-])c2)c1. The number of rotatable bonds is 4. The summed E-state index contributed by atoms with van der Waals surface area (Å²) < 4.78 is 0. The van der Waals surface area contributed by atoms with Crippen molar-refractivity contribution in [3.05, 3.63) is 69.8 Å². The number of hydrogen-bond donors (Lipinski definition) is 1. The van der Waals surface area contributed by atoms with Crippen LogP contribution in [0, 0.1) is 10.1 Å². The molecule has 0 aliphatic rings. The van der Waals surface area contributed by atoms with Crippen LogP contribution < -0.4 is 0 Å². The van der Waals surface area contributed by atoms with Gasteiger partial charge in [-0.2, -0.15) is 0 Å². The van der Waals surface area contributed by atoms with Crippen LogP contribution in [0.15, 0.2) is 53.5 Å². The molecular formula is C19H20N2O3. The van der Waals surface area contributed by atoms with Crippen LogP contribution in [0.1, 0.15) is 31.9 Å². The zero-order valence-electron chi connectivity index (χ0n) is 13.9. The van der Waals surface area contributed by atoms with E-state index in [4.69, 9.17) is 0 Å². The van der Waals surface area contributed by atoms with E-state index in [1.54, 1.807) is 36.6 Å². The van der Waals surface area contributed by atoms with E-state index in [1.807, 2.05) is 12.1 Å². The molecule has 2 aromatic rings. The molecule has 5 nitrogen and oxygen atoms in total. The normalized spacial score (nSPS) is 12.1. The van der Waals surface area contributed by atoms with Gasteiger partial charge in [0.05, 0.1) is 4.92 Å². The summed E-state index contributed by atoms with van der Waals surface area (Å²) in [5.74, 6) is 0.114. The van der Waals surface area contributed by atoms with Crippen LogP contribution in [-0.4, -0.2) is 16.2 Å². The molecule has 0 spiro atoms. The van der Waals surface area contributed by atoms with Gasteiger partial charge in [-0.05, 0) is 34.8 Å². The van der Waals surface area contributed by atoms with E-state index in [9.17, 15) is 15.2 Å². The first-order chi connectivity index (χ1) is 11.3. The van der Waals surface area contributed by atoms with E-state index < -0.39 is 4.92 Å². The number of nitro benzene ring substituents is 1. The van der Waals surface area contributed by atoms with Gasteiger partial charge in [0.25, 0.3) is 5.69 Å². The van der Waals surface area contributed by atoms with E-state index in [2.05, 4.69) is 25.8 Å². The summed E-state index contributed by atoms with van der Waals surface area (Å²) in [5, 5.41) is 20.6. The number of phenols is 1. The molecule has 0 fully saturated rings. The van der Waals surface area contributed by atoms with E-state index in [-0.39, 0.29) is 16.9 Å². The topological polar surface area (TPSA) is 75.7 Å². The number of benzene rings is 2. The maximum Gasteiger partial charge on any atom is 0.270 e. The second kappa shape index (κ2) is 7.08. The molecule has 5 heteroatoms. The minimum absolute atomic E-state index is 0.0310. The summed E-state index contributed by atoms with van der Waals surface area (Å²) in [6.07, 6.45) is 4.96. The Kier molecular flexibility index (Phi) is 5.14. The Balaban J connectivity index is 2.17. The number of aliphatic imine (C=N–C) groups is 1. The number of aromatic hydroxyl groups is 1. The molecule has 124 valence electrons. The summed E-state index contributed by atoms with van der Waals surface area (Å²) in [4.78, 5) is 14.6. The molecule has 0 atom stereocenters. The first-order valence-corrected chi connectivity index (χ1v) is 7.56. The summed E-state index contributed by atoms with van der Waals surface area (Å²) >= 11 is 0. The highest BCUT2D eigenvalue weighted by atomic mass is 16.6. The van der Waals surface area contributed by atoms with Crippen LogP contribution in [-0.2, 0) is 5.41 Å². The van der Waals surface area contributed by atoms with Crippen molar-refractivity contribution in [1.82, 2.24) is 0 Å². The number of nitro groups is 1. The molecule has 0 bridgehead atoms. The van der Waals surface area contributed by atoms with Gasteiger partial charge in [0, 0.05) is 18.3 Å². The Labute approximate surface area is 141 Å². The van der Waals surface area contributed by atoms with Crippen molar-refractivity contribution < 1.29 is 10.0 Å². The van der Waals surface area contributed by atoms with Crippen LogP contribution in [0.25, 0.3) is 6.08 Å². The predicted octanol–water partition coefficient (Wildman–Crippen LogP) is 5.01. The van der Waals surface area contributed by atoms with Crippen LogP contribution in [0.5, 0.6) is 5.75 Å². The van der Waals surface area contributed by atoms with Gasteiger partial charge in [0.15, 0.2) is 0 Å². The van der Waals surface area contributed by atoms with E-state index in [0.29, 0.717) is 11.3 Å². The molecule has 0 unspecified atom stereocenters. The summed E-state index contributed by atoms with van der Waals surface area (Å²) in [7, 11) is 0. The van der Waals surface area contributed by atoms with Crippen molar-refractivity contribution in [3.8, 4) is 5.75 Å². The molecule has 0 heterocycles. The third kappa shape index (κ3) is 4.52. The molecule has 0 aromatic heterocycles. The first kappa shape index (κ1) is 17.4. The molecule has 0 saturated carbocycles. The fraction of sp³-hybridized carbons (Fsp3) is 0.211. The summed E-state index contributed by atoms with van der Waals surface area (Å²) in [6.45, 7) is 6.28. The van der Waals surface area contributed by atoms with Crippen LogP contribution in [0.4, 0.5) is 11.4 Å². The van der Waals surface area contributed by atoms with Gasteiger partial charge in [-0.15, -0.1) is 0 Å². The Bertz CT molecular complexity index is 802. The van der Waals surface area contributed by atoms with E-state index in [1.165, 1.54) is 12.1 Å². The maximum atomic E-state index is 10.7. The Hall–Kier alpha value is -2.95. The smallest absolute Gasteiger partial charge is 0.270 e.